The topological polar surface area (TPSA) is 116 Å². The number of benzene rings is 2. The van der Waals surface area contributed by atoms with Crippen LogP contribution >= 0.6 is 0 Å². The normalized spacial score (nSPS) is 19.9. The summed E-state index contributed by atoms with van der Waals surface area (Å²) in [7, 11) is 0. The highest BCUT2D eigenvalue weighted by Gasteiger charge is 2.36. The van der Waals surface area contributed by atoms with Gasteiger partial charge in [0.1, 0.15) is 22.9 Å². The molecule has 2 aliphatic rings. The Morgan fingerprint density at radius 2 is 1.29 bits per heavy atom. The Kier molecular flexibility index (Phi) is 8.03. The lowest BCUT2D eigenvalue weighted by molar-refractivity contribution is 0.0208. The molecule has 2 N–H and O–H groups in total. The van der Waals surface area contributed by atoms with Crippen molar-refractivity contribution in [2.24, 2.45) is 0 Å². The Labute approximate surface area is 264 Å². The second-order valence-electron chi connectivity index (χ2n) is 14.6. The lowest BCUT2D eigenvalue weighted by Crippen LogP contribution is -2.36. The average Bonchev–Trinajstić information content (AvgIpc) is 3.74. The smallest absolute Gasteiger partial charge is 0.410 e. The van der Waals surface area contributed by atoms with Crippen LogP contribution in [0.4, 0.5) is 9.59 Å². The second kappa shape index (κ2) is 11.7. The van der Waals surface area contributed by atoms with Crippen LogP contribution in [0, 0.1) is 0 Å². The first kappa shape index (κ1) is 30.9. The third-order valence-electron chi connectivity index (χ3n) is 8.59. The number of hydrogen-bond acceptors (Lipinski definition) is 6. The number of amides is 2. The van der Waals surface area contributed by atoms with Crippen molar-refractivity contribution < 1.29 is 19.1 Å². The van der Waals surface area contributed by atoms with Crippen LogP contribution in [-0.2, 0) is 15.9 Å². The van der Waals surface area contributed by atoms with Crippen LogP contribution in [0.15, 0.2) is 36.4 Å². The van der Waals surface area contributed by atoms with E-state index in [0.717, 1.165) is 65.8 Å². The molecule has 4 heterocycles. The molecule has 2 amide bonds. The van der Waals surface area contributed by atoms with E-state index in [1.54, 1.807) is 9.80 Å². The number of likely N-dealkylation sites (tertiary alicyclic amines) is 2. The second-order valence-corrected chi connectivity index (χ2v) is 14.6. The molecule has 2 fully saturated rings. The number of aromatic amines is 2. The van der Waals surface area contributed by atoms with Crippen molar-refractivity contribution in [1.82, 2.24) is 29.7 Å². The summed E-state index contributed by atoms with van der Waals surface area (Å²) in [5.41, 5.74) is 5.11. The number of carbonyl (C=O) groups is 2. The van der Waals surface area contributed by atoms with Gasteiger partial charge in [-0.1, -0.05) is 19.1 Å². The van der Waals surface area contributed by atoms with E-state index in [9.17, 15) is 9.59 Å². The molecule has 3 unspecified atom stereocenters. The molecule has 0 saturated carbocycles. The number of ether oxygens (including phenoxy) is 2. The van der Waals surface area contributed by atoms with Crippen LogP contribution in [0.3, 0.4) is 0 Å². The molecule has 4 aromatic rings. The Morgan fingerprint density at radius 1 is 0.800 bits per heavy atom. The molecule has 2 saturated heterocycles. The van der Waals surface area contributed by atoms with Crippen LogP contribution in [0.25, 0.3) is 22.1 Å². The third-order valence-corrected chi connectivity index (χ3v) is 8.59. The maximum Gasteiger partial charge on any atom is 0.410 e. The fourth-order valence-corrected chi connectivity index (χ4v) is 6.52. The van der Waals surface area contributed by atoms with Gasteiger partial charge >= 0.3 is 12.2 Å². The van der Waals surface area contributed by atoms with E-state index in [2.05, 4.69) is 53.3 Å². The first-order valence-electron chi connectivity index (χ1n) is 16.2. The summed E-state index contributed by atoms with van der Waals surface area (Å²) in [4.78, 5) is 46.0. The van der Waals surface area contributed by atoms with E-state index in [4.69, 9.17) is 19.4 Å². The maximum absolute atomic E-state index is 12.8. The van der Waals surface area contributed by atoms with E-state index in [0.29, 0.717) is 13.1 Å². The van der Waals surface area contributed by atoms with Crippen LogP contribution in [0.1, 0.15) is 115 Å². The lowest BCUT2D eigenvalue weighted by Gasteiger charge is -2.27. The molecule has 10 heteroatoms. The van der Waals surface area contributed by atoms with E-state index >= 15 is 0 Å². The summed E-state index contributed by atoms with van der Waals surface area (Å²) in [6.45, 7) is 14.9. The predicted octanol–water partition coefficient (Wildman–Crippen LogP) is 7.93. The summed E-state index contributed by atoms with van der Waals surface area (Å²) in [5, 5.41) is 0. The molecule has 0 bridgehead atoms. The van der Waals surface area contributed by atoms with Crippen molar-refractivity contribution >= 4 is 34.3 Å². The molecule has 0 aliphatic carbocycles. The molecule has 0 spiro atoms. The zero-order chi connectivity index (χ0) is 32.1. The summed E-state index contributed by atoms with van der Waals surface area (Å²) in [6, 6.07) is 12.6. The molecule has 240 valence electrons. The quantitative estimate of drug-likeness (QED) is 0.236. The number of aromatic nitrogens is 4. The number of nitrogens with one attached hydrogen (secondary N) is 2. The van der Waals surface area contributed by atoms with Crippen molar-refractivity contribution in [3.63, 3.8) is 0 Å². The third kappa shape index (κ3) is 6.79. The number of H-pyrrole nitrogens is 2. The van der Waals surface area contributed by atoms with Gasteiger partial charge in [-0.2, -0.15) is 0 Å². The van der Waals surface area contributed by atoms with Crippen molar-refractivity contribution in [2.45, 2.75) is 110 Å². The SMILES string of the molecule is CC(Cc1ccc2nc(C3CCCN3C(=O)OC(C)(C)C)[nH]c2c1)c1ccc2nc(C3CCCN3C(=O)OC(C)(C)C)[nH]c2c1. The zero-order valence-corrected chi connectivity index (χ0v) is 27.6. The Morgan fingerprint density at radius 3 is 1.80 bits per heavy atom. The highest BCUT2D eigenvalue weighted by molar-refractivity contribution is 5.78. The summed E-state index contributed by atoms with van der Waals surface area (Å²) >= 11 is 0. The molecule has 6 rings (SSSR count). The highest BCUT2D eigenvalue weighted by atomic mass is 16.6. The van der Waals surface area contributed by atoms with Crippen molar-refractivity contribution in [2.75, 3.05) is 13.1 Å². The molecular weight excluding hydrogens is 568 g/mol. The number of hydrogen-bond donors (Lipinski definition) is 2. The summed E-state index contributed by atoms with van der Waals surface area (Å²) in [6.07, 6.45) is 3.86. The maximum atomic E-state index is 12.8. The van der Waals surface area contributed by atoms with Gasteiger partial charge < -0.3 is 19.4 Å². The summed E-state index contributed by atoms with van der Waals surface area (Å²) in [5.74, 6) is 1.89. The first-order chi connectivity index (χ1) is 21.2. The molecule has 45 heavy (non-hydrogen) atoms. The molecule has 2 aromatic heterocycles. The largest absolute Gasteiger partial charge is 0.444 e. The summed E-state index contributed by atoms with van der Waals surface area (Å²) < 4.78 is 11.3. The molecule has 10 nitrogen and oxygen atoms in total. The standard InChI is InChI=1S/C35H46N6O4/c1-21(23-13-15-25-27(20-23)39-31(37-25)29-11-9-17-41(29)33(43)45-35(5,6)7)18-22-12-14-24-26(19-22)38-30(36-24)28-10-8-16-40(28)32(42)44-34(2,3)4/h12-15,19-21,28-29H,8-11,16-18H2,1-7H3,(H,36,38)(H,37,39). The van der Waals surface area contributed by atoms with Gasteiger partial charge in [0.25, 0.3) is 0 Å². The monoisotopic (exact) mass is 614 g/mol. The van der Waals surface area contributed by atoms with Crippen LogP contribution in [0.5, 0.6) is 0 Å². The van der Waals surface area contributed by atoms with E-state index < -0.39 is 11.2 Å². The number of fused-ring (bicyclic) bond motifs is 2. The zero-order valence-electron chi connectivity index (χ0n) is 27.6. The Balaban J connectivity index is 1.16. The molecular formula is C35H46N6O4. The van der Waals surface area contributed by atoms with Gasteiger partial charge in [0, 0.05) is 13.1 Å². The fourth-order valence-electron chi connectivity index (χ4n) is 6.52. The van der Waals surface area contributed by atoms with Gasteiger partial charge in [0.2, 0.25) is 0 Å². The van der Waals surface area contributed by atoms with E-state index in [1.807, 2.05) is 41.5 Å². The first-order valence-corrected chi connectivity index (χ1v) is 16.2. The Bertz CT molecular complexity index is 1710. The minimum Gasteiger partial charge on any atom is -0.444 e. The molecule has 2 aliphatic heterocycles. The predicted molar refractivity (Wildman–Crippen MR) is 174 cm³/mol. The van der Waals surface area contributed by atoms with Gasteiger partial charge in [0.15, 0.2) is 0 Å². The molecule has 3 atom stereocenters. The lowest BCUT2D eigenvalue weighted by atomic mass is 9.93. The van der Waals surface area contributed by atoms with Crippen molar-refractivity contribution in [1.29, 1.82) is 0 Å². The highest BCUT2D eigenvalue weighted by Crippen LogP contribution is 2.35. The minimum absolute atomic E-state index is 0.110. The van der Waals surface area contributed by atoms with Crippen molar-refractivity contribution in [3.8, 4) is 0 Å². The van der Waals surface area contributed by atoms with E-state index in [-0.39, 0.29) is 30.2 Å². The molecule has 0 radical (unpaired) electrons. The van der Waals surface area contributed by atoms with Gasteiger partial charge in [-0.15, -0.1) is 0 Å². The Hall–Kier alpha value is -4.08. The van der Waals surface area contributed by atoms with E-state index in [1.165, 1.54) is 11.1 Å². The van der Waals surface area contributed by atoms with Crippen LogP contribution in [0.2, 0.25) is 0 Å². The van der Waals surface area contributed by atoms with Gasteiger partial charge in [-0.25, -0.2) is 19.6 Å². The number of rotatable bonds is 5. The van der Waals surface area contributed by atoms with Crippen molar-refractivity contribution in [3.05, 3.63) is 59.2 Å². The average molecular weight is 615 g/mol. The van der Waals surface area contributed by atoms with Gasteiger partial charge in [0.05, 0.1) is 34.2 Å². The van der Waals surface area contributed by atoms with Crippen LogP contribution in [-0.4, -0.2) is 66.2 Å². The number of nitrogens with zero attached hydrogens (tertiary/aromatic N) is 4. The minimum atomic E-state index is -0.535. The van der Waals surface area contributed by atoms with Gasteiger partial charge in [-0.05, 0) is 115 Å². The van der Waals surface area contributed by atoms with Crippen LogP contribution < -0.4 is 0 Å². The fraction of sp³-hybridized carbons (Fsp3) is 0.543. The van der Waals surface area contributed by atoms with Gasteiger partial charge in [-0.3, -0.25) is 9.80 Å². The number of imidazole rings is 2. The number of carbonyl (C=O) groups excluding carboxylic acids is 2. The molecule has 2 aromatic carbocycles.